The summed E-state index contributed by atoms with van der Waals surface area (Å²) in [6.45, 7) is 10.9. The number of aryl methyl sites for hydroxylation is 1. The average Bonchev–Trinajstić information content (AvgIpc) is 3.19. The number of nitrogens with zero attached hydrogens (tertiary/aromatic N) is 4. The van der Waals surface area contributed by atoms with Crippen molar-refractivity contribution in [1.29, 1.82) is 5.26 Å². The number of likely N-dealkylation sites (N-methyl/N-ethyl adjacent to an activating group) is 1. The SMILES string of the molecule is COc1ccc(C(OC[C@]2(COP(OCCC#N)N(C(C)C)C(C)C)CN(C)C[C@H](n3cc(C)c(=O)[nH]c3=O)O2)(c2ccccc2)c2ccc(OC)cc2)cc1. The Morgan fingerprint density at radius 3 is 2.02 bits per heavy atom. The van der Waals surface area contributed by atoms with Gasteiger partial charge in [-0.25, -0.2) is 9.46 Å². The third kappa shape index (κ3) is 9.76. The van der Waals surface area contributed by atoms with Crippen molar-refractivity contribution in [3.8, 4) is 17.6 Å². The largest absolute Gasteiger partial charge is 0.497 e. The van der Waals surface area contributed by atoms with E-state index >= 15 is 0 Å². The maximum absolute atomic E-state index is 13.3. The van der Waals surface area contributed by atoms with E-state index in [1.807, 2.05) is 85.9 Å². The van der Waals surface area contributed by atoms with Crippen LogP contribution in [0.5, 0.6) is 11.5 Å². The lowest BCUT2D eigenvalue weighted by molar-refractivity contribution is -0.225. The van der Waals surface area contributed by atoms with Gasteiger partial charge in [0.05, 0.1) is 46.5 Å². The molecule has 13 nitrogen and oxygen atoms in total. The Morgan fingerprint density at radius 2 is 1.48 bits per heavy atom. The van der Waals surface area contributed by atoms with Crippen molar-refractivity contribution in [2.24, 2.45) is 0 Å². The lowest BCUT2D eigenvalue weighted by atomic mass is 9.79. The number of benzene rings is 3. The van der Waals surface area contributed by atoms with Gasteiger partial charge in [0.15, 0.2) is 6.23 Å². The first-order valence-electron chi connectivity index (χ1n) is 18.7. The van der Waals surface area contributed by atoms with E-state index in [9.17, 15) is 14.9 Å². The second-order valence-corrected chi connectivity index (χ2v) is 16.0. The second kappa shape index (κ2) is 19.2. The van der Waals surface area contributed by atoms with Gasteiger partial charge in [-0.05, 0) is 82.6 Å². The number of rotatable bonds is 18. The molecule has 0 saturated carbocycles. The summed E-state index contributed by atoms with van der Waals surface area (Å²) in [5, 5.41) is 9.34. The van der Waals surface area contributed by atoms with Crippen LogP contribution < -0.4 is 20.7 Å². The molecule has 1 aliphatic heterocycles. The molecule has 0 aliphatic carbocycles. The first-order valence-corrected chi connectivity index (χ1v) is 19.9. The molecule has 0 bridgehead atoms. The van der Waals surface area contributed by atoms with Crippen molar-refractivity contribution < 1.29 is 28.0 Å². The van der Waals surface area contributed by atoms with Crippen LogP contribution in [0.4, 0.5) is 0 Å². The van der Waals surface area contributed by atoms with Gasteiger partial charge in [-0.3, -0.25) is 19.2 Å². The normalized spacial score (nSPS) is 18.3. The zero-order valence-electron chi connectivity index (χ0n) is 33.6. The molecule has 3 aromatic carbocycles. The lowest BCUT2D eigenvalue weighted by Gasteiger charge is -2.48. The molecule has 1 aromatic heterocycles. The molecule has 1 fully saturated rings. The van der Waals surface area contributed by atoms with Crippen LogP contribution >= 0.6 is 8.53 Å². The minimum absolute atomic E-state index is 0.00914. The number of H-pyrrole nitrogens is 1. The number of morpholine rings is 1. The van der Waals surface area contributed by atoms with Gasteiger partial charge in [0.2, 0.25) is 0 Å². The minimum Gasteiger partial charge on any atom is -0.497 e. The Balaban J connectivity index is 1.67. The monoisotopic (exact) mass is 787 g/mol. The third-order valence-corrected chi connectivity index (χ3v) is 11.7. The van der Waals surface area contributed by atoms with Gasteiger partial charge in [-0.1, -0.05) is 54.6 Å². The smallest absolute Gasteiger partial charge is 0.330 e. The van der Waals surface area contributed by atoms with E-state index in [2.05, 4.69) is 48.3 Å². The van der Waals surface area contributed by atoms with Crippen LogP contribution in [0.15, 0.2) is 94.6 Å². The van der Waals surface area contributed by atoms with Crippen molar-refractivity contribution in [2.75, 3.05) is 54.2 Å². The van der Waals surface area contributed by atoms with E-state index in [4.69, 9.17) is 28.0 Å². The molecule has 56 heavy (non-hydrogen) atoms. The molecule has 0 spiro atoms. The van der Waals surface area contributed by atoms with E-state index in [0.29, 0.717) is 30.2 Å². The number of ether oxygens (including phenoxy) is 4. The molecule has 2 heterocycles. The molecule has 1 N–H and O–H groups in total. The van der Waals surface area contributed by atoms with E-state index in [-0.39, 0.29) is 38.3 Å². The minimum atomic E-state index is -1.67. The molecule has 14 heteroatoms. The van der Waals surface area contributed by atoms with Crippen LogP contribution in [0, 0.1) is 18.3 Å². The molecule has 0 radical (unpaired) electrons. The van der Waals surface area contributed by atoms with Gasteiger partial charge in [0, 0.05) is 36.9 Å². The van der Waals surface area contributed by atoms with Gasteiger partial charge >= 0.3 is 5.69 Å². The fraction of sp³-hybridized carbons (Fsp3) is 0.452. The van der Waals surface area contributed by atoms with Crippen molar-refractivity contribution in [2.45, 2.75) is 70.6 Å². The summed E-state index contributed by atoms with van der Waals surface area (Å²) in [6.07, 6.45) is 0.922. The van der Waals surface area contributed by atoms with Crippen molar-refractivity contribution >= 4 is 8.53 Å². The summed E-state index contributed by atoms with van der Waals surface area (Å²) in [5.41, 5.74) is -0.490. The summed E-state index contributed by atoms with van der Waals surface area (Å²) in [7, 11) is 3.54. The number of methoxy groups -OCH3 is 2. The Bertz CT molecular complexity index is 1960. The zero-order chi connectivity index (χ0) is 40.5. The fourth-order valence-corrected chi connectivity index (χ4v) is 8.82. The van der Waals surface area contributed by atoms with Gasteiger partial charge < -0.3 is 28.0 Å². The van der Waals surface area contributed by atoms with E-state index in [1.54, 1.807) is 21.1 Å². The van der Waals surface area contributed by atoms with Crippen LogP contribution in [0.3, 0.4) is 0 Å². The summed E-state index contributed by atoms with van der Waals surface area (Å²) >= 11 is 0. The molecule has 1 unspecified atom stereocenters. The van der Waals surface area contributed by atoms with Crippen molar-refractivity contribution in [1.82, 2.24) is 19.1 Å². The summed E-state index contributed by atoms with van der Waals surface area (Å²) in [5.74, 6) is 1.39. The molecule has 300 valence electrons. The van der Waals surface area contributed by atoms with Gasteiger partial charge in [0.25, 0.3) is 14.1 Å². The first kappa shape index (κ1) is 42.8. The number of nitrogens with one attached hydrogen (secondary N) is 1. The second-order valence-electron chi connectivity index (χ2n) is 14.5. The summed E-state index contributed by atoms with van der Waals surface area (Å²) in [4.78, 5) is 30.2. The predicted octanol–water partition coefficient (Wildman–Crippen LogP) is 6.36. The topological polar surface area (TPSA) is 141 Å². The Labute approximate surface area is 330 Å². The zero-order valence-corrected chi connectivity index (χ0v) is 34.5. The van der Waals surface area contributed by atoms with Crippen LogP contribution in [-0.2, 0) is 24.1 Å². The number of hydrogen-bond acceptors (Lipinski definition) is 11. The summed E-state index contributed by atoms with van der Waals surface area (Å²) < 4.78 is 42.3. The fourth-order valence-electron chi connectivity index (χ4n) is 7.13. The van der Waals surface area contributed by atoms with Crippen molar-refractivity contribution in [3.05, 3.63) is 128 Å². The highest BCUT2D eigenvalue weighted by atomic mass is 31.2. The molecule has 1 saturated heterocycles. The van der Waals surface area contributed by atoms with Gasteiger partial charge in [0.1, 0.15) is 22.7 Å². The highest BCUT2D eigenvalue weighted by Gasteiger charge is 2.47. The Hall–Kier alpha value is -4.38. The van der Waals surface area contributed by atoms with Gasteiger partial charge in [-0.2, -0.15) is 5.26 Å². The van der Waals surface area contributed by atoms with Crippen molar-refractivity contribution in [3.63, 3.8) is 0 Å². The van der Waals surface area contributed by atoms with E-state index in [0.717, 1.165) is 16.7 Å². The third-order valence-electron chi connectivity index (χ3n) is 9.69. The lowest BCUT2D eigenvalue weighted by Crippen LogP contribution is -2.59. The average molecular weight is 788 g/mol. The van der Waals surface area contributed by atoms with Crippen LogP contribution in [0.2, 0.25) is 0 Å². The summed E-state index contributed by atoms with van der Waals surface area (Å²) in [6, 6.07) is 27.8. The number of aromatic nitrogens is 2. The first-order chi connectivity index (χ1) is 26.9. The van der Waals surface area contributed by atoms with Gasteiger partial charge in [-0.15, -0.1) is 0 Å². The molecule has 1 aliphatic rings. The highest BCUT2D eigenvalue weighted by Crippen LogP contribution is 2.48. The predicted molar refractivity (Wildman–Crippen MR) is 216 cm³/mol. The van der Waals surface area contributed by atoms with Crippen LogP contribution in [0.25, 0.3) is 0 Å². The Morgan fingerprint density at radius 1 is 0.911 bits per heavy atom. The maximum atomic E-state index is 13.3. The molecule has 5 rings (SSSR count). The molecule has 0 amide bonds. The maximum Gasteiger partial charge on any atom is 0.330 e. The quantitative estimate of drug-likeness (QED) is 0.0684. The molecular formula is C42H54N5O8P. The van der Waals surface area contributed by atoms with Crippen LogP contribution in [-0.4, -0.2) is 91.0 Å². The van der Waals surface area contributed by atoms with E-state index < -0.39 is 37.2 Å². The molecule has 4 aromatic rings. The number of hydrogen-bond donors (Lipinski definition) is 1. The molecular weight excluding hydrogens is 733 g/mol. The van der Waals surface area contributed by atoms with Crippen LogP contribution in [0.1, 0.15) is 62.6 Å². The van der Waals surface area contributed by atoms with E-state index in [1.165, 1.54) is 10.8 Å². The number of nitriles is 1. The standard InChI is InChI=1S/C42H54N5O8P/c1-30(2)47(31(3)4)56(53-24-12-23-43)54-29-41(27-45(6)26-38(55-41)46-25-32(5)39(48)44-40(46)49)28-52-42(33-13-10-9-11-14-33,34-15-19-36(50-7)20-16-34)35-17-21-37(51-8)22-18-35/h9-11,13-22,25,30-31,38H,12,24,26-29H2,1-8H3,(H,44,48,49)/t38-,41+,56?/m1/s1. The molecule has 3 atom stereocenters. The number of aromatic amines is 1. The highest BCUT2D eigenvalue weighted by molar-refractivity contribution is 7.44. The Kier molecular flexibility index (Phi) is 14.6.